The molecule has 0 aromatic heterocycles. The first-order chi connectivity index (χ1) is 11.6. The average Bonchev–Trinajstić information content (AvgIpc) is 3.03. The Morgan fingerprint density at radius 2 is 1.88 bits per heavy atom. The van der Waals surface area contributed by atoms with E-state index in [4.69, 9.17) is 0 Å². The normalized spacial score (nSPS) is 15.9. The first-order valence-electron chi connectivity index (χ1n) is 8.82. The number of carbonyl (C=O) groups is 1. The highest BCUT2D eigenvalue weighted by atomic mass is 16.2. The monoisotopic (exact) mass is 322 g/mol. The lowest BCUT2D eigenvalue weighted by molar-refractivity contribution is -0.120. The van der Waals surface area contributed by atoms with Crippen LogP contribution in [0.25, 0.3) is 0 Å². The molecule has 0 fully saturated rings. The van der Waals surface area contributed by atoms with Gasteiger partial charge >= 0.3 is 0 Å². The first kappa shape index (κ1) is 16.7. The number of hydrogen-bond donors (Lipinski definition) is 1. The van der Waals surface area contributed by atoms with E-state index in [-0.39, 0.29) is 18.0 Å². The minimum absolute atomic E-state index is 0.158. The van der Waals surface area contributed by atoms with Crippen molar-refractivity contribution in [2.75, 3.05) is 11.4 Å². The van der Waals surface area contributed by atoms with Crippen molar-refractivity contribution >= 4 is 11.6 Å². The van der Waals surface area contributed by atoms with Crippen molar-refractivity contribution < 1.29 is 4.79 Å². The molecular weight excluding hydrogens is 296 g/mol. The van der Waals surface area contributed by atoms with Gasteiger partial charge in [0.05, 0.1) is 6.04 Å². The minimum Gasteiger partial charge on any atom is -0.310 e. The standard InChI is InChI=1S/C21H26N2O/c1-4-19(17-11-9-15(2)10-12-17)22-16(3)21(24)23-14-13-18-7-5-6-8-20(18)23/h5-12,16,19,22H,4,13-14H2,1-3H3/t16-,19-/m0/s1. The van der Waals surface area contributed by atoms with E-state index in [9.17, 15) is 4.79 Å². The topological polar surface area (TPSA) is 32.3 Å². The largest absolute Gasteiger partial charge is 0.310 e. The number of anilines is 1. The summed E-state index contributed by atoms with van der Waals surface area (Å²) in [6.07, 6.45) is 1.90. The number of benzene rings is 2. The summed E-state index contributed by atoms with van der Waals surface area (Å²) in [4.78, 5) is 14.8. The summed E-state index contributed by atoms with van der Waals surface area (Å²) >= 11 is 0. The van der Waals surface area contributed by atoms with E-state index >= 15 is 0 Å². The van der Waals surface area contributed by atoms with Crippen molar-refractivity contribution in [1.29, 1.82) is 0 Å². The van der Waals surface area contributed by atoms with Gasteiger partial charge in [-0.05, 0) is 43.9 Å². The fraction of sp³-hybridized carbons (Fsp3) is 0.381. The third-order valence-corrected chi connectivity index (χ3v) is 4.86. The van der Waals surface area contributed by atoms with Gasteiger partial charge in [0.25, 0.3) is 0 Å². The lowest BCUT2D eigenvalue weighted by Gasteiger charge is -2.26. The van der Waals surface area contributed by atoms with Gasteiger partial charge in [0.1, 0.15) is 0 Å². The molecule has 1 heterocycles. The molecule has 0 aliphatic carbocycles. The maximum absolute atomic E-state index is 12.9. The zero-order valence-corrected chi connectivity index (χ0v) is 14.8. The van der Waals surface area contributed by atoms with Gasteiger partial charge in [-0.3, -0.25) is 10.1 Å². The number of fused-ring (bicyclic) bond motifs is 1. The van der Waals surface area contributed by atoms with Gasteiger partial charge in [-0.25, -0.2) is 0 Å². The van der Waals surface area contributed by atoms with Gasteiger partial charge in [0.2, 0.25) is 5.91 Å². The Hall–Kier alpha value is -2.13. The van der Waals surface area contributed by atoms with Crippen molar-refractivity contribution in [3.63, 3.8) is 0 Å². The summed E-state index contributed by atoms with van der Waals surface area (Å²) in [5.74, 6) is 0.158. The number of rotatable bonds is 5. The Morgan fingerprint density at radius 3 is 2.58 bits per heavy atom. The molecule has 2 aromatic carbocycles. The predicted molar refractivity (Wildman–Crippen MR) is 99.3 cm³/mol. The Kier molecular flexibility index (Phi) is 5.00. The van der Waals surface area contributed by atoms with Crippen molar-refractivity contribution in [2.45, 2.75) is 45.7 Å². The Balaban J connectivity index is 1.71. The molecule has 1 amide bonds. The highest BCUT2D eigenvalue weighted by Gasteiger charge is 2.28. The number of carbonyl (C=O) groups excluding carboxylic acids is 1. The Morgan fingerprint density at radius 1 is 1.17 bits per heavy atom. The molecule has 1 aliphatic heterocycles. The number of amides is 1. The molecule has 24 heavy (non-hydrogen) atoms. The lowest BCUT2D eigenvalue weighted by Crippen LogP contribution is -2.45. The second kappa shape index (κ2) is 7.18. The second-order valence-electron chi connectivity index (χ2n) is 6.63. The molecule has 3 heteroatoms. The summed E-state index contributed by atoms with van der Waals surface area (Å²) < 4.78 is 0. The van der Waals surface area contributed by atoms with Gasteiger partial charge in [-0.2, -0.15) is 0 Å². The fourth-order valence-corrected chi connectivity index (χ4v) is 3.42. The summed E-state index contributed by atoms with van der Waals surface area (Å²) in [5.41, 5.74) is 4.83. The van der Waals surface area contributed by atoms with E-state index in [1.807, 2.05) is 30.0 Å². The number of nitrogens with one attached hydrogen (secondary N) is 1. The van der Waals surface area contributed by atoms with E-state index < -0.39 is 0 Å². The summed E-state index contributed by atoms with van der Waals surface area (Å²) in [6.45, 7) is 7.00. The van der Waals surface area contributed by atoms with Crippen LogP contribution in [-0.4, -0.2) is 18.5 Å². The van der Waals surface area contributed by atoms with Crippen LogP contribution >= 0.6 is 0 Å². The summed E-state index contributed by atoms with van der Waals surface area (Å²) in [5, 5.41) is 3.52. The first-order valence-corrected chi connectivity index (χ1v) is 8.82. The molecule has 0 radical (unpaired) electrons. The van der Waals surface area contributed by atoms with Crippen LogP contribution in [0.3, 0.4) is 0 Å². The predicted octanol–water partition coefficient (Wildman–Crippen LogP) is 4.01. The SMILES string of the molecule is CC[C@H](N[C@@H](C)C(=O)N1CCc2ccccc21)c1ccc(C)cc1. The highest BCUT2D eigenvalue weighted by molar-refractivity contribution is 5.98. The number of nitrogens with zero attached hydrogens (tertiary/aromatic N) is 1. The third-order valence-electron chi connectivity index (χ3n) is 4.86. The van der Waals surface area contributed by atoms with Crippen LogP contribution in [0.15, 0.2) is 48.5 Å². The smallest absolute Gasteiger partial charge is 0.243 e. The molecule has 126 valence electrons. The van der Waals surface area contributed by atoms with Crippen LogP contribution in [0.4, 0.5) is 5.69 Å². The molecule has 3 nitrogen and oxygen atoms in total. The molecule has 0 saturated heterocycles. The molecule has 2 atom stereocenters. The molecule has 0 saturated carbocycles. The van der Waals surface area contributed by atoms with Gasteiger partial charge in [-0.15, -0.1) is 0 Å². The van der Waals surface area contributed by atoms with Crippen molar-refractivity contribution in [1.82, 2.24) is 5.32 Å². The molecular formula is C21H26N2O. The second-order valence-corrected chi connectivity index (χ2v) is 6.63. The number of hydrogen-bond acceptors (Lipinski definition) is 2. The maximum Gasteiger partial charge on any atom is 0.243 e. The van der Waals surface area contributed by atoms with E-state index in [0.29, 0.717) is 0 Å². The van der Waals surface area contributed by atoms with E-state index in [1.54, 1.807) is 0 Å². The number of para-hydroxylation sites is 1. The van der Waals surface area contributed by atoms with Crippen LogP contribution in [0.2, 0.25) is 0 Å². The molecule has 1 N–H and O–H groups in total. The quantitative estimate of drug-likeness (QED) is 0.902. The molecule has 1 aliphatic rings. The lowest BCUT2D eigenvalue weighted by atomic mass is 10.0. The molecule has 0 bridgehead atoms. The zero-order valence-electron chi connectivity index (χ0n) is 14.8. The summed E-state index contributed by atoms with van der Waals surface area (Å²) in [6, 6.07) is 16.8. The average molecular weight is 322 g/mol. The van der Waals surface area contributed by atoms with Crippen LogP contribution in [0, 0.1) is 6.92 Å². The van der Waals surface area contributed by atoms with Gasteiger partial charge in [0, 0.05) is 18.3 Å². The van der Waals surface area contributed by atoms with Crippen molar-refractivity contribution in [2.24, 2.45) is 0 Å². The van der Waals surface area contributed by atoms with Crippen LogP contribution in [0.5, 0.6) is 0 Å². The highest BCUT2D eigenvalue weighted by Crippen LogP contribution is 2.28. The van der Waals surface area contributed by atoms with Gasteiger partial charge in [0.15, 0.2) is 0 Å². The maximum atomic E-state index is 12.9. The third kappa shape index (κ3) is 3.36. The number of aryl methyl sites for hydroxylation is 1. The van der Waals surface area contributed by atoms with Crippen LogP contribution in [0.1, 0.15) is 43.0 Å². The van der Waals surface area contributed by atoms with Crippen molar-refractivity contribution in [3.05, 3.63) is 65.2 Å². The van der Waals surface area contributed by atoms with E-state index in [2.05, 4.69) is 49.5 Å². The fourth-order valence-electron chi connectivity index (χ4n) is 3.42. The molecule has 2 aromatic rings. The van der Waals surface area contributed by atoms with E-state index in [1.165, 1.54) is 16.7 Å². The van der Waals surface area contributed by atoms with Crippen molar-refractivity contribution in [3.8, 4) is 0 Å². The van der Waals surface area contributed by atoms with Crippen LogP contribution < -0.4 is 10.2 Å². The summed E-state index contributed by atoms with van der Waals surface area (Å²) in [7, 11) is 0. The zero-order chi connectivity index (χ0) is 17.1. The van der Waals surface area contributed by atoms with Gasteiger partial charge in [-0.1, -0.05) is 55.0 Å². The molecule has 0 unspecified atom stereocenters. The van der Waals surface area contributed by atoms with Gasteiger partial charge < -0.3 is 4.90 Å². The molecule has 3 rings (SSSR count). The Bertz CT molecular complexity index is 708. The Labute approximate surface area is 144 Å². The van der Waals surface area contributed by atoms with E-state index in [0.717, 1.165) is 25.1 Å². The van der Waals surface area contributed by atoms with Crippen LogP contribution in [-0.2, 0) is 11.2 Å². The molecule has 0 spiro atoms. The minimum atomic E-state index is -0.206.